The van der Waals surface area contributed by atoms with Crippen LogP contribution in [0.25, 0.3) is 10.9 Å². The van der Waals surface area contributed by atoms with Gasteiger partial charge in [0.05, 0.1) is 30.5 Å². The summed E-state index contributed by atoms with van der Waals surface area (Å²) in [5.41, 5.74) is 1.25. The molecule has 0 atom stereocenters. The van der Waals surface area contributed by atoms with Crippen molar-refractivity contribution in [3.63, 3.8) is 0 Å². The summed E-state index contributed by atoms with van der Waals surface area (Å²) in [5.74, 6) is 2.78. The van der Waals surface area contributed by atoms with E-state index in [0.717, 1.165) is 5.69 Å². The van der Waals surface area contributed by atoms with Crippen LogP contribution >= 0.6 is 11.6 Å². The van der Waals surface area contributed by atoms with Gasteiger partial charge in [0.25, 0.3) is 5.91 Å². The predicted molar refractivity (Wildman–Crippen MR) is 159 cm³/mol. The smallest absolute Gasteiger partial charge is 0.263 e. The fourth-order valence-electron chi connectivity index (χ4n) is 4.05. The number of para-hydroxylation sites is 2. The molecule has 3 aromatic carbocycles. The Bertz CT molecular complexity index is 1570. The highest BCUT2D eigenvalue weighted by atomic mass is 35.5. The topological polar surface area (TPSA) is 115 Å². The van der Waals surface area contributed by atoms with Crippen molar-refractivity contribution >= 4 is 39.8 Å². The second-order valence-electron chi connectivity index (χ2n) is 9.46. The minimum absolute atomic E-state index is 0.254. The molecule has 0 aliphatic heterocycles. The molecule has 212 valence electrons. The maximum atomic E-state index is 12.2. The van der Waals surface area contributed by atoms with Gasteiger partial charge in [0.15, 0.2) is 28.6 Å². The quantitative estimate of drug-likeness (QED) is 0.144. The molecule has 0 spiro atoms. The number of rotatable bonds is 12. The lowest BCUT2D eigenvalue weighted by atomic mass is 10.1. The molecule has 0 unspecified atom stereocenters. The van der Waals surface area contributed by atoms with E-state index in [4.69, 9.17) is 30.5 Å². The van der Waals surface area contributed by atoms with Crippen molar-refractivity contribution in [3.8, 4) is 34.8 Å². The number of aromatic nitrogens is 1. The van der Waals surface area contributed by atoms with Crippen LogP contribution in [-0.2, 0) is 4.79 Å². The zero-order valence-electron chi connectivity index (χ0n) is 23.3. The molecule has 41 heavy (non-hydrogen) atoms. The Morgan fingerprint density at radius 3 is 2.44 bits per heavy atom. The van der Waals surface area contributed by atoms with Crippen LogP contribution in [0.3, 0.4) is 0 Å². The molecule has 0 radical (unpaired) electrons. The molecule has 0 aliphatic carbocycles. The van der Waals surface area contributed by atoms with E-state index in [9.17, 15) is 10.1 Å². The fraction of sp³-hybridized carbons (Fsp3) is 0.258. The molecule has 1 aromatic heterocycles. The lowest BCUT2D eigenvalue weighted by molar-refractivity contribution is -0.133. The van der Waals surface area contributed by atoms with E-state index in [1.54, 1.807) is 64.4 Å². The molecule has 0 aliphatic rings. The lowest BCUT2D eigenvalue weighted by Gasteiger charge is -2.25. The van der Waals surface area contributed by atoms with Gasteiger partial charge in [-0.1, -0.05) is 12.1 Å². The predicted octanol–water partition coefficient (Wildman–Crippen LogP) is 6.56. The third kappa shape index (κ3) is 6.91. The summed E-state index contributed by atoms with van der Waals surface area (Å²) < 4.78 is 23.4. The van der Waals surface area contributed by atoms with E-state index in [0.29, 0.717) is 69.8 Å². The maximum absolute atomic E-state index is 12.2. The van der Waals surface area contributed by atoms with Gasteiger partial charge in [0.1, 0.15) is 11.8 Å². The van der Waals surface area contributed by atoms with Gasteiger partial charge in [-0.25, -0.2) is 0 Å². The van der Waals surface area contributed by atoms with Crippen LogP contribution in [0.1, 0.15) is 25.8 Å². The number of likely N-dealkylation sites (N-methyl/N-ethyl adjacent to an activating group) is 1. The molecule has 2 N–H and O–H groups in total. The second-order valence-corrected chi connectivity index (χ2v) is 9.84. The highest BCUT2D eigenvalue weighted by Crippen LogP contribution is 2.38. The first-order chi connectivity index (χ1) is 19.8. The van der Waals surface area contributed by atoms with Gasteiger partial charge in [0.2, 0.25) is 0 Å². The minimum atomic E-state index is -1.09. The van der Waals surface area contributed by atoms with Crippen LogP contribution in [-0.4, -0.2) is 43.1 Å². The molecule has 0 bridgehead atoms. The van der Waals surface area contributed by atoms with Crippen LogP contribution in [0.4, 0.5) is 11.4 Å². The molecule has 0 saturated heterocycles. The lowest BCUT2D eigenvalue weighted by Crippen LogP contribution is -2.45. The van der Waals surface area contributed by atoms with E-state index >= 15 is 0 Å². The summed E-state index contributed by atoms with van der Waals surface area (Å²) in [5, 5.41) is 16.4. The number of ether oxygens (including phenoxy) is 4. The summed E-state index contributed by atoms with van der Waals surface area (Å²) in [4.78, 5) is 16.7. The van der Waals surface area contributed by atoms with Crippen molar-refractivity contribution in [1.82, 2.24) is 10.3 Å². The van der Waals surface area contributed by atoms with Crippen LogP contribution in [0.5, 0.6) is 28.7 Å². The summed E-state index contributed by atoms with van der Waals surface area (Å²) in [6.45, 7) is 3.82. The summed E-state index contributed by atoms with van der Waals surface area (Å²) in [6, 6.07) is 20.2. The number of methoxy groups -OCH3 is 1. The van der Waals surface area contributed by atoms with Gasteiger partial charge in [-0.05, 0) is 62.7 Å². The van der Waals surface area contributed by atoms with Crippen LogP contribution in [0, 0.1) is 11.3 Å². The Labute approximate surface area is 244 Å². The first kappa shape index (κ1) is 29.3. The molecule has 10 heteroatoms. The van der Waals surface area contributed by atoms with E-state index in [2.05, 4.69) is 21.7 Å². The van der Waals surface area contributed by atoms with Crippen molar-refractivity contribution < 1.29 is 23.7 Å². The van der Waals surface area contributed by atoms with Crippen molar-refractivity contribution in [2.75, 3.05) is 32.0 Å². The number of fused-ring (bicyclic) bond motifs is 1. The Kier molecular flexibility index (Phi) is 9.37. The first-order valence-electron chi connectivity index (χ1n) is 12.9. The Morgan fingerprint density at radius 2 is 1.78 bits per heavy atom. The molecular weight excluding hydrogens is 544 g/mol. The number of carbonyl (C=O) groups is 1. The van der Waals surface area contributed by atoms with Crippen molar-refractivity contribution in [2.24, 2.45) is 0 Å². The number of anilines is 2. The van der Waals surface area contributed by atoms with Crippen molar-refractivity contribution in [3.05, 3.63) is 72.4 Å². The highest BCUT2D eigenvalue weighted by molar-refractivity contribution is 6.17. The molecule has 9 nitrogen and oxygen atoms in total. The highest BCUT2D eigenvalue weighted by Gasteiger charge is 2.30. The normalized spacial score (nSPS) is 10.9. The van der Waals surface area contributed by atoms with E-state index < -0.39 is 5.60 Å². The summed E-state index contributed by atoms with van der Waals surface area (Å²) >= 11 is 5.77. The number of nitrogens with zero attached hydrogens (tertiary/aromatic N) is 2. The number of nitriles is 1. The monoisotopic (exact) mass is 574 g/mol. The molecule has 1 heterocycles. The molecular formula is C31H31ClN4O5. The number of hydrogen-bond donors (Lipinski definition) is 2. The average Bonchev–Trinajstić information content (AvgIpc) is 2.98. The number of benzene rings is 3. The SMILES string of the molecule is CNC(=O)C(C)(C)Oc1ccccc1Oc1ccc(Nc2c(C#N)cnc3cc(OCCCCl)c(OC)cc23)cc1. The Morgan fingerprint density at radius 1 is 1.05 bits per heavy atom. The van der Waals surface area contributed by atoms with Gasteiger partial charge in [-0.15, -0.1) is 11.6 Å². The standard InChI is InChI=1S/C31H31ClN4O5/c1-31(2,30(37)34-3)41-26-9-6-5-8-25(26)40-22-12-10-21(11-13-22)36-29-20(18-33)19-35-24-17-28(39-15-7-14-32)27(38-4)16-23(24)29/h5-6,8-13,16-17,19H,7,14-15H2,1-4H3,(H,34,37)(H,35,36). The number of amides is 1. The van der Waals surface area contributed by atoms with Crippen LogP contribution < -0.4 is 29.6 Å². The molecule has 4 rings (SSSR count). The number of hydrogen-bond acceptors (Lipinski definition) is 8. The third-order valence-electron chi connectivity index (χ3n) is 6.15. The van der Waals surface area contributed by atoms with Gasteiger partial charge in [-0.3, -0.25) is 9.78 Å². The molecule has 0 saturated carbocycles. The van der Waals surface area contributed by atoms with Crippen molar-refractivity contribution in [1.29, 1.82) is 5.26 Å². The molecule has 0 fully saturated rings. The maximum Gasteiger partial charge on any atom is 0.263 e. The van der Waals surface area contributed by atoms with E-state index in [1.165, 1.54) is 6.20 Å². The van der Waals surface area contributed by atoms with Gasteiger partial charge >= 0.3 is 0 Å². The minimum Gasteiger partial charge on any atom is -0.493 e. The first-order valence-corrected chi connectivity index (χ1v) is 13.5. The van der Waals surface area contributed by atoms with Crippen molar-refractivity contribution in [2.45, 2.75) is 25.9 Å². The second kappa shape index (κ2) is 13.1. The van der Waals surface area contributed by atoms with Crippen LogP contribution in [0.2, 0.25) is 0 Å². The Hall–Kier alpha value is -4.68. The van der Waals surface area contributed by atoms with Crippen LogP contribution in [0.15, 0.2) is 66.9 Å². The van der Waals surface area contributed by atoms with Gasteiger partial charge in [-0.2, -0.15) is 5.26 Å². The average molecular weight is 575 g/mol. The van der Waals surface area contributed by atoms with E-state index in [1.807, 2.05) is 24.3 Å². The number of alkyl halides is 1. The number of nitrogens with one attached hydrogen (secondary N) is 2. The largest absolute Gasteiger partial charge is 0.493 e. The number of halogens is 1. The zero-order chi connectivity index (χ0) is 29.4. The summed E-state index contributed by atoms with van der Waals surface area (Å²) in [7, 11) is 3.12. The van der Waals surface area contributed by atoms with Gasteiger partial charge < -0.3 is 29.6 Å². The molecule has 1 amide bonds. The zero-order valence-corrected chi connectivity index (χ0v) is 24.0. The number of carbonyl (C=O) groups excluding carboxylic acids is 1. The van der Waals surface area contributed by atoms with Gasteiger partial charge in [0, 0.05) is 36.3 Å². The third-order valence-corrected chi connectivity index (χ3v) is 6.42. The Balaban J connectivity index is 1.58. The van der Waals surface area contributed by atoms with E-state index in [-0.39, 0.29) is 5.91 Å². The molecule has 4 aromatic rings. The number of pyridine rings is 1. The summed E-state index contributed by atoms with van der Waals surface area (Å²) in [6.07, 6.45) is 2.22. The fourth-order valence-corrected chi connectivity index (χ4v) is 4.16.